The second-order valence-corrected chi connectivity index (χ2v) is 5.27. The molecule has 1 N–H and O–H groups in total. The molecule has 0 radical (unpaired) electrons. The first-order valence-electron chi connectivity index (χ1n) is 6.02. The van der Waals surface area contributed by atoms with Crippen molar-refractivity contribution in [2.24, 2.45) is 0 Å². The molecule has 5 nitrogen and oxygen atoms in total. The number of carbonyl (C=O) groups is 2. The molecule has 1 fully saturated rings. The summed E-state index contributed by atoms with van der Waals surface area (Å²) in [4.78, 5) is 24.6. The number of likely N-dealkylation sites (N-methyl/N-ethyl adjacent to an activating group) is 1. The molecular weight excluding hydrogens is 312 g/mol. The number of halogens is 1. The van der Waals surface area contributed by atoms with Crippen molar-refractivity contribution >= 4 is 27.9 Å². The third kappa shape index (κ3) is 3.47. The number of amides is 2. The Morgan fingerprint density at radius 2 is 2.26 bits per heavy atom. The molecule has 0 saturated carbocycles. The van der Waals surface area contributed by atoms with Gasteiger partial charge in [-0.3, -0.25) is 4.79 Å². The standard InChI is InChI=1S/C13H15BrN2O3/c1-16-8-9(19-13(16)18)6-7-15-12(17)10-4-2-3-5-11(10)14/h2-5,9H,6-8H2,1H3,(H,15,17). The van der Waals surface area contributed by atoms with Gasteiger partial charge in [0, 0.05) is 24.5 Å². The maximum atomic E-state index is 11.9. The van der Waals surface area contributed by atoms with E-state index in [1.165, 1.54) is 4.90 Å². The lowest BCUT2D eigenvalue weighted by Crippen LogP contribution is -2.28. The zero-order chi connectivity index (χ0) is 13.8. The number of nitrogens with zero attached hydrogens (tertiary/aromatic N) is 1. The second-order valence-electron chi connectivity index (χ2n) is 4.41. The zero-order valence-corrected chi connectivity index (χ0v) is 12.1. The third-order valence-electron chi connectivity index (χ3n) is 2.93. The molecule has 1 atom stereocenters. The number of nitrogens with one attached hydrogen (secondary N) is 1. The number of carbonyl (C=O) groups excluding carboxylic acids is 2. The quantitative estimate of drug-likeness (QED) is 0.920. The molecule has 6 heteroatoms. The lowest BCUT2D eigenvalue weighted by Gasteiger charge is -2.09. The van der Waals surface area contributed by atoms with E-state index in [1.54, 1.807) is 13.1 Å². The van der Waals surface area contributed by atoms with Crippen LogP contribution in [0.4, 0.5) is 4.79 Å². The van der Waals surface area contributed by atoms with Gasteiger partial charge in [-0.2, -0.15) is 0 Å². The van der Waals surface area contributed by atoms with Crippen molar-refractivity contribution in [2.75, 3.05) is 20.1 Å². The van der Waals surface area contributed by atoms with Gasteiger partial charge in [0.15, 0.2) is 0 Å². The van der Waals surface area contributed by atoms with Crippen molar-refractivity contribution in [3.8, 4) is 0 Å². The summed E-state index contributed by atoms with van der Waals surface area (Å²) in [6.45, 7) is 1.05. The van der Waals surface area contributed by atoms with Crippen LogP contribution < -0.4 is 5.32 Å². The van der Waals surface area contributed by atoms with E-state index in [0.717, 1.165) is 4.47 Å². The van der Waals surface area contributed by atoms with E-state index in [0.29, 0.717) is 25.1 Å². The average molecular weight is 327 g/mol. The minimum Gasteiger partial charge on any atom is -0.444 e. The highest BCUT2D eigenvalue weighted by molar-refractivity contribution is 9.10. The maximum Gasteiger partial charge on any atom is 0.409 e. The Morgan fingerprint density at radius 3 is 2.89 bits per heavy atom. The molecule has 1 heterocycles. The van der Waals surface area contributed by atoms with Crippen LogP contribution >= 0.6 is 15.9 Å². The normalized spacial score (nSPS) is 18.3. The van der Waals surface area contributed by atoms with Crippen molar-refractivity contribution in [1.29, 1.82) is 0 Å². The maximum absolute atomic E-state index is 11.9. The van der Waals surface area contributed by atoms with Gasteiger partial charge < -0.3 is 15.0 Å². The summed E-state index contributed by atoms with van der Waals surface area (Å²) in [6.07, 6.45) is 0.172. The highest BCUT2D eigenvalue weighted by Gasteiger charge is 2.27. The fourth-order valence-corrected chi connectivity index (χ4v) is 2.35. The lowest BCUT2D eigenvalue weighted by molar-refractivity contribution is 0.0943. The second kappa shape index (κ2) is 6.06. The van der Waals surface area contributed by atoms with E-state index >= 15 is 0 Å². The number of rotatable bonds is 4. The molecule has 19 heavy (non-hydrogen) atoms. The number of cyclic esters (lactones) is 1. The third-order valence-corrected chi connectivity index (χ3v) is 3.62. The zero-order valence-electron chi connectivity index (χ0n) is 10.6. The smallest absolute Gasteiger partial charge is 0.409 e. The van der Waals surface area contributed by atoms with Gasteiger partial charge in [0.05, 0.1) is 12.1 Å². The lowest BCUT2D eigenvalue weighted by atomic mass is 10.2. The molecular formula is C13H15BrN2O3. The van der Waals surface area contributed by atoms with Crippen molar-refractivity contribution in [1.82, 2.24) is 10.2 Å². The molecule has 0 aliphatic carbocycles. The van der Waals surface area contributed by atoms with E-state index in [4.69, 9.17) is 4.74 Å². The number of benzene rings is 1. The van der Waals surface area contributed by atoms with Gasteiger partial charge in [0.25, 0.3) is 5.91 Å². The first kappa shape index (κ1) is 13.9. The summed E-state index contributed by atoms with van der Waals surface area (Å²) in [5.41, 5.74) is 0.600. The number of hydrogen-bond donors (Lipinski definition) is 1. The monoisotopic (exact) mass is 326 g/mol. The Hall–Kier alpha value is -1.56. The Kier molecular flexibility index (Phi) is 4.42. The van der Waals surface area contributed by atoms with E-state index in [-0.39, 0.29) is 18.1 Å². The van der Waals surface area contributed by atoms with E-state index in [1.807, 2.05) is 18.2 Å². The van der Waals surface area contributed by atoms with Crippen LogP contribution in [0.5, 0.6) is 0 Å². The number of hydrogen-bond acceptors (Lipinski definition) is 3. The summed E-state index contributed by atoms with van der Waals surface area (Å²) < 4.78 is 5.87. The van der Waals surface area contributed by atoms with Gasteiger partial charge in [0.1, 0.15) is 6.10 Å². The SMILES string of the molecule is CN1CC(CCNC(=O)c2ccccc2Br)OC1=O. The van der Waals surface area contributed by atoms with Gasteiger partial charge in [0.2, 0.25) is 0 Å². The average Bonchev–Trinajstić information content (AvgIpc) is 2.69. The summed E-state index contributed by atoms with van der Waals surface area (Å²) >= 11 is 3.33. The van der Waals surface area contributed by atoms with Crippen LogP contribution in [0.15, 0.2) is 28.7 Å². The van der Waals surface area contributed by atoms with Gasteiger partial charge in [-0.25, -0.2) is 4.79 Å². The molecule has 1 aliphatic heterocycles. The minimum absolute atomic E-state index is 0.134. The highest BCUT2D eigenvalue weighted by atomic mass is 79.9. The van der Waals surface area contributed by atoms with Crippen molar-refractivity contribution in [3.05, 3.63) is 34.3 Å². The molecule has 0 bridgehead atoms. The van der Waals surface area contributed by atoms with Gasteiger partial charge >= 0.3 is 6.09 Å². The fraction of sp³-hybridized carbons (Fsp3) is 0.385. The van der Waals surface area contributed by atoms with Crippen LogP contribution in [0.3, 0.4) is 0 Å². The predicted octanol–water partition coefficient (Wildman–Crippen LogP) is 2.02. The molecule has 102 valence electrons. The minimum atomic E-state index is -0.304. The summed E-state index contributed by atoms with van der Waals surface area (Å²) in [5.74, 6) is -0.134. The van der Waals surface area contributed by atoms with Crippen LogP contribution in [0.2, 0.25) is 0 Å². The molecule has 1 aromatic carbocycles. The van der Waals surface area contributed by atoms with Gasteiger partial charge in [-0.05, 0) is 28.1 Å². The summed E-state index contributed by atoms with van der Waals surface area (Å²) in [5, 5.41) is 2.82. The van der Waals surface area contributed by atoms with Crippen molar-refractivity contribution in [3.63, 3.8) is 0 Å². The first-order chi connectivity index (χ1) is 9.08. The predicted molar refractivity (Wildman–Crippen MR) is 74.0 cm³/mol. The fourth-order valence-electron chi connectivity index (χ4n) is 1.89. The molecule has 1 aliphatic rings. The van der Waals surface area contributed by atoms with E-state index < -0.39 is 0 Å². The molecule has 1 unspecified atom stereocenters. The Bertz CT molecular complexity index is 493. The van der Waals surface area contributed by atoms with Crippen molar-refractivity contribution < 1.29 is 14.3 Å². The first-order valence-corrected chi connectivity index (χ1v) is 6.81. The Balaban J connectivity index is 1.79. The van der Waals surface area contributed by atoms with Gasteiger partial charge in [-0.1, -0.05) is 12.1 Å². The highest BCUT2D eigenvalue weighted by Crippen LogP contribution is 2.16. The Labute approximate surface area is 120 Å². The molecule has 2 rings (SSSR count). The molecule has 2 amide bonds. The topological polar surface area (TPSA) is 58.6 Å². The molecule has 0 spiro atoms. The van der Waals surface area contributed by atoms with Crippen molar-refractivity contribution in [2.45, 2.75) is 12.5 Å². The van der Waals surface area contributed by atoms with E-state index in [9.17, 15) is 9.59 Å². The molecule has 1 aromatic rings. The molecule has 1 saturated heterocycles. The van der Waals surface area contributed by atoms with Crippen LogP contribution in [-0.4, -0.2) is 43.1 Å². The van der Waals surface area contributed by atoms with Crippen LogP contribution in [0.25, 0.3) is 0 Å². The molecule has 0 aromatic heterocycles. The van der Waals surface area contributed by atoms with E-state index in [2.05, 4.69) is 21.2 Å². The summed E-state index contributed by atoms with van der Waals surface area (Å²) in [7, 11) is 1.70. The summed E-state index contributed by atoms with van der Waals surface area (Å²) in [6, 6.07) is 7.24. The van der Waals surface area contributed by atoms with Gasteiger partial charge in [-0.15, -0.1) is 0 Å². The van der Waals surface area contributed by atoms with Crippen LogP contribution in [-0.2, 0) is 4.74 Å². The Morgan fingerprint density at radius 1 is 1.53 bits per heavy atom. The van der Waals surface area contributed by atoms with Crippen LogP contribution in [0, 0.1) is 0 Å². The van der Waals surface area contributed by atoms with Crippen LogP contribution in [0.1, 0.15) is 16.8 Å². The largest absolute Gasteiger partial charge is 0.444 e. The number of ether oxygens (including phenoxy) is 1.